The van der Waals surface area contributed by atoms with Crippen LogP contribution in [0.1, 0.15) is 25.7 Å². The smallest absolute Gasteiger partial charge is 0.284 e. The lowest BCUT2D eigenvalue weighted by Crippen LogP contribution is -2.61. The minimum atomic E-state index is -0.283. The van der Waals surface area contributed by atoms with Crippen molar-refractivity contribution in [1.82, 2.24) is 14.7 Å². The molecule has 2 aliphatic heterocycles. The van der Waals surface area contributed by atoms with Crippen LogP contribution in [0.3, 0.4) is 0 Å². The molecule has 0 radical (unpaired) electrons. The molecular formula is C13H20N4O2. The maximum absolute atomic E-state index is 12.2. The normalized spacial score (nSPS) is 29.8. The molecule has 0 aromatic rings. The molecule has 0 aromatic carbocycles. The van der Waals surface area contributed by atoms with Gasteiger partial charge in [-0.2, -0.15) is 0 Å². The number of amidine groups is 1. The van der Waals surface area contributed by atoms with Gasteiger partial charge in [0.2, 0.25) is 5.91 Å². The fraction of sp³-hybridized carbons (Fsp3) is 0.769. The van der Waals surface area contributed by atoms with Crippen molar-refractivity contribution in [1.29, 1.82) is 0 Å². The van der Waals surface area contributed by atoms with Gasteiger partial charge in [0.1, 0.15) is 11.8 Å². The SMILES string of the molecule is CN1C(=O)C2CN(C3CCCC3)CN=C2N(C)C1=O. The summed E-state index contributed by atoms with van der Waals surface area (Å²) in [5.41, 5.74) is 0. The van der Waals surface area contributed by atoms with Crippen LogP contribution in [0.5, 0.6) is 0 Å². The van der Waals surface area contributed by atoms with Crippen LogP contribution < -0.4 is 0 Å². The number of fused-ring (bicyclic) bond motifs is 1. The molecule has 6 heteroatoms. The summed E-state index contributed by atoms with van der Waals surface area (Å²) >= 11 is 0. The van der Waals surface area contributed by atoms with Gasteiger partial charge in [0.15, 0.2) is 0 Å². The number of aliphatic imine (C=N–C) groups is 1. The molecule has 1 aliphatic carbocycles. The van der Waals surface area contributed by atoms with Gasteiger partial charge in [-0.25, -0.2) is 4.79 Å². The largest absolute Gasteiger partial charge is 0.331 e. The number of amides is 3. The lowest BCUT2D eigenvalue weighted by atomic mass is 10.00. The van der Waals surface area contributed by atoms with E-state index < -0.39 is 0 Å². The van der Waals surface area contributed by atoms with Crippen LogP contribution >= 0.6 is 0 Å². The number of urea groups is 1. The monoisotopic (exact) mass is 264 g/mol. The van der Waals surface area contributed by atoms with Crippen molar-refractivity contribution in [2.45, 2.75) is 31.7 Å². The Kier molecular flexibility index (Phi) is 3.05. The summed E-state index contributed by atoms with van der Waals surface area (Å²) in [5.74, 6) is 0.244. The summed E-state index contributed by atoms with van der Waals surface area (Å²) in [4.78, 5) is 33.6. The van der Waals surface area contributed by atoms with Gasteiger partial charge in [0.25, 0.3) is 0 Å². The van der Waals surface area contributed by atoms with E-state index in [0.717, 1.165) is 0 Å². The molecule has 1 atom stereocenters. The van der Waals surface area contributed by atoms with Gasteiger partial charge in [0, 0.05) is 26.7 Å². The molecule has 104 valence electrons. The van der Waals surface area contributed by atoms with Gasteiger partial charge in [-0.1, -0.05) is 12.8 Å². The molecule has 1 unspecified atom stereocenters. The summed E-state index contributed by atoms with van der Waals surface area (Å²) in [6, 6.07) is 0.278. The van der Waals surface area contributed by atoms with E-state index in [-0.39, 0.29) is 17.9 Å². The zero-order valence-electron chi connectivity index (χ0n) is 11.5. The standard InChI is InChI=1S/C13H20N4O2/c1-15-11-10(12(18)16(2)13(15)19)7-17(8-14-11)9-5-3-4-6-9/h9-10H,3-8H2,1-2H3. The average Bonchev–Trinajstić information content (AvgIpc) is 2.96. The van der Waals surface area contributed by atoms with E-state index >= 15 is 0 Å². The first-order valence-electron chi connectivity index (χ1n) is 6.93. The molecule has 1 saturated heterocycles. The first-order chi connectivity index (χ1) is 9.09. The van der Waals surface area contributed by atoms with E-state index in [9.17, 15) is 9.59 Å². The van der Waals surface area contributed by atoms with Gasteiger partial charge in [-0.05, 0) is 12.8 Å². The van der Waals surface area contributed by atoms with E-state index in [4.69, 9.17) is 0 Å². The molecular weight excluding hydrogens is 244 g/mol. The van der Waals surface area contributed by atoms with E-state index in [0.29, 0.717) is 25.1 Å². The Morgan fingerprint density at radius 2 is 1.79 bits per heavy atom. The number of carbonyl (C=O) groups excluding carboxylic acids is 2. The van der Waals surface area contributed by atoms with E-state index in [1.807, 2.05) is 0 Å². The average molecular weight is 264 g/mol. The van der Waals surface area contributed by atoms with Crippen molar-refractivity contribution >= 4 is 17.8 Å². The fourth-order valence-corrected chi connectivity index (χ4v) is 3.36. The van der Waals surface area contributed by atoms with Crippen LogP contribution in [-0.2, 0) is 4.79 Å². The Labute approximate surface area is 113 Å². The number of nitrogens with zero attached hydrogens (tertiary/aromatic N) is 4. The summed E-state index contributed by atoms with van der Waals surface area (Å²) in [6.45, 7) is 1.31. The molecule has 0 N–H and O–H groups in total. The summed E-state index contributed by atoms with van der Waals surface area (Å²) < 4.78 is 0. The van der Waals surface area contributed by atoms with Gasteiger partial charge in [-0.3, -0.25) is 24.5 Å². The first kappa shape index (κ1) is 12.6. The molecule has 0 spiro atoms. The maximum atomic E-state index is 12.2. The first-order valence-corrected chi connectivity index (χ1v) is 6.93. The van der Waals surface area contributed by atoms with E-state index in [1.165, 1.54) is 35.5 Å². The molecule has 1 saturated carbocycles. The molecule has 3 aliphatic rings. The zero-order valence-corrected chi connectivity index (χ0v) is 11.5. The Morgan fingerprint density at radius 3 is 2.47 bits per heavy atom. The molecule has 19 heavy (non-hydrogen) atoms. The van der Waals surface area contributed by atoms with Crippen LogP contribution in [0.15, 0.2) is 4.99 Å². The van der Waals surface area contributed by atoms with Crippen molar-refractivity contribution in [2.24, 2.45) is 10.9 Å². The molecule has 2 fully saturated rings. The van der Waals surface area contributed by atoms with Gasteiger partial charge in [0.05, 0.1) is 6.67 Å². The second-order valence-corrected chi connectivity index (χ2v) is 5.66. The number of imide groups is 1. The Balaban J connectivity index is 1.83. The predicted octanol–water partition coefficient (Wildman–Crippen LogP) is 0.741. The van der Waals surface area contributed by atoms with Crippen molar-refractivity contribution in [3.05, 3.63) is 0 Å². The van der Waals surface area contributed by atoms with Crippen molar-refractivity contribution < 1.29 is 9.59 Å². The molecule has 0 aromatic heterocycles. The molecule has 0 bridgehead atoms. The molecule has 3 amide bonds. The van der Waals surface area contributed by atoms with E-state index in [2.05, 4.69) is 9.89 Å². The highest BCUT2D eigenvalue weighted by Crippen LogP contribution is 2.28. The van der Waals surface area contributed by atoms with Gasteiger partial charge >= 0.3 is 6.03 Å². The van der Waals surface area contributed by atoms with Crippen LogP contribution in [-0.4, -0.2) is 65.8 Å². The third-order valence-corrected chi connectivity index (χ3v) is 4.53. The fourth-order valence-electron chi connectivity index (χ4n) is 3.36. The Morgan fingerprint density at radius 1 is 1.11 bits per heavy atom. The Hall–Kier alpha value is -1.43. The van der Waals surface area contributed by atoms with Gasteiger partial charge < -0.3 is 0 Å². The third-order valence-electron chi connectivity index (χ3n) is 4.53. The van der Waals surface area contributed by atoms with Crippen molar-refractivity contribution in [2.75, 3.05) is 27.3 Å². The molecule has 2 heterocycles. The summed E-state index contributed by atoms with van der Waals surface area (Å²) in [5, 5.41) is 0. The minimum Gasteiger partial charge on any atom is -0.284 e. The quantitative estimate of drug-likeness (QED) is 0.702. The summed E-state index contributed by atoms with van der Waals surface area (Å²) in [6.07, 6.45) is 4.95. The van der Waals surface area contributed by atoms with E-state index in [1.54, 1.807) is 14.1 Å². The van der Waals surface area contributed by atoms with Crippen molar-refractivity contribution in [3.63, 3.8) is 0 Å². The highest BCUT2D eigenvalue weighted by atomic mass is 16.2. The van der Waals surface area contributed by atoms with Crippen LogP contribution in [0.25, 0.3) is 0 Å². The van der Waals surface area contributed by atoms with Crippen LogP contribution in [0, 0.1) is 5.92 Å². The highest BCUT2D eigenvalue weighted by Gasteiger charge is 2.44. The van der Waals surface area contributed by atoms with Gasteiger partial charge in [-0.15, -0.1) is 0 Å². The second-order valence-electron chi connectivity index (χ2n) is 5.66. The predicted molar refractivity (Wildman–Crippen MR) is 70.7 cm³/mol. The minimum absolute atomic E-state index is 0.121. The van der Waals surface area contributed by atoms with Crippen LogP contribution in [0.2, 0.25) is 0 Å². The molecule has 6 nitrogen and oxygen atoms in total. The van der Waals surface area contributed by atoms with Crippen molar-refractivity contribution in [3.8, 4) is 0 Å². The second kappa shape index (κ2) is 4.59. The highest BCUT2D eigenvalue weighted by molar-refractivity contribution is 6.17. The number of hydrogen-bond donors (Lipinski definition) is 0. The lowest BCUT2D eigenvalue weighted by Gasteiger charge is -2.42. The molecule has 3 rings (SSSR count). The third kappa shape index (κ3) is 1.94. The number of rotatable bonds is 1. The Bertz CT molecular complexity index is 442. The summed E-state index contributed by atoms with van der Waals surface area (Å²) in [7, 11) is 3.24. The number of hydrogen-bond acceptors (Lipinski definition) is 4. The maximum Gasteiger partial charge on any atom is 0.331 e. The zero-order chi connectivity index (χ0) is 13.6. The lowest BCUT2D eigenvalue weighted by molar-refractivity contribution is -0.131. The topological polar surface area (TPSA) is 56.2 Å². The number of carbonyl (C=O) groups is 2. The van der Waals surface area contributed by atoms with Crippen LogP contribution in [0.4, 0.5) is 4.79 Å².